The lowest BCUT2D eigenvalue weighted by molar-refractivity contribution is -0.116. The second-order valence-corrected chi connectivity index (χ2v) is 7.26. The summed E-state index contributed by atoms with van der Waals surface area (Å²) in [4.78, 5) is 20.5. The van der Waals surface area contributed by atoms with Crippen LogP contribution < -0.4 is 15.4 Å². The summed E-state index contributed by atoms with van der Waals surface area (Å²) >= 11 is 0. The highest BCUT2D eigenvalue weighted by molar-refractivity contribution is 5.90. The largest absolute Gasteiger partial charge is 0.494 e. The SMILES string of the molecule is Cc1cc(Nc2ccc(NC(=O)CCCOc3ccc4ccccc4c3)cc2)ncn1. The molecule has 1 heterocycles. The van der Waals surface area contributed by atoms with E-state index in [1.54, 1.807) is 0 Å². The number of hydrogen-bond acceptors (Lipinski definition) is 5. The molecular weight excluding hydrogens is 388 g/mol. The highest BCUT2D eigenvalue weighted by Gasteiger charge is 2.04. The average molecular weight is 412 g/mol. The highest BCUT2D eigenvalue weighted by atomic mass is 16.5. The first-order valence-corrected chi connectivity index (χ1v) is 10.2. The zero-order chi connectivity index (χ0) is 21.5. The molecule has 3 aromatic carbocycles. The summed E-state index contributed by atoms with van der Waals surface area (Å²) in [6.07, 6.45) is 2.56. The molecule has 1 aromatic heterocycles. The number of nitrogens with one attached hydrogen (secondary N) is 2. The molecule has 2 N–H and O–H groups in total. The zero-order valence-electron chi connectivity index (χ0n) is 17.3. The Morgan fingerprint density at radius 2 is 1.68 bits per heavy atom. The van der Waals surface area contributed by atoms with Gasteiger partial charge in [0.05, 0.1) is 6.61 Å². The Morgan fingerprint density at radius 3 is 2.48 bits per heavy atom. The number of nitrogens with zero attached hydrogens (tertiary/aromatic N) is 2. The molecule has 0 unspecified atom stereocenters. The third-order valence-corrected chi connectivity index (χ3v) is 4.78. The smallest absolute Gasteiger partial charge is 0.224 e. The molecule has 6 heteroatoms. The molecule has 0 bridgehead atoms. The molecule has 4 rings (SSSR count). The Morgan fingerprint density at radius 1 is 0.903 bits per heavy atom. The fourth-order valence-electron chi connectivity index (χ4n) is 3.21. The van der Waals surface area contributed by atoms with Crippen molar-refractivity contribution < 1.29 is 9.53 Å². The predicted molar refractivity (Wildman–Crippen MR) is 124 cm³/mol. The van der Waals surface area contributed by atoms with Crippen LogP contribution in [0.4, 0.5) is 17.2 Å². The molecule has 156 valence electrons. The highest BCUT2D eigenvalue weighted by Crippen LogP contribution is 2.21. The van der Waals surface area contributed by atoms with E-state index in [-0.39, 0.29) is 5.91 Å². The Bertz CT molecular complexity index is 1180. The van der Waals surface area contributed by atoms with Gasteiger partial charge in [-0.1, -0.05) is 30.3 Å². The van der Waals surface area contributed by atoms with Gasteiger partial charge in [-0.15, -0.1) is 0 Å². The quantitative estimate of drug-likeness (QED) is 0.375. The van der Waals surface area contributed by atoms with E-state index in [2.05, 4.69) is 32.7 Å². The van der Waals surface area contributed by atoms with Crippen molar-refractivity contribution in [3.63, 3.8) is 0 Å². The van der Waals surface area contributed by atoms with Gasteiger partial charge in [0.2, 0.25) is 5.91 Å². The van der Waals surface area contributed by atoms with Crippen LogP contribution in [0.15, 0.2) is 79.1 Å². The second-order valence-electron chi connectivity index (χ2n) is 7.26. The molecule has 0 aliphatic rings. The lowest BCUT2D eigenvalue weighted by Crippen LogP contribution is -2.12. The maximum atomic E-state index is 12.2. The van der Waals surface area contributed by atoms with E-state index in [0.717, 1.165) is 34.0 Å². The standard InChI is InChI=1S/C25H24N4O2/c1-18-15-24(27-17-26-18)28-21-9-11-22(12-10-21)29-25(30)7-4-14-31-23-13-8-19-5-2-3-6-20(19)16-23/h2-3,5-6,8-13,15-17H,4,7,14H2,1H3,(H,29,30)(H,26,27,28). The number of rotatable bonds is 8. The molecule has 6 nitrogen and oxygen atoms in total. The lowest BCUT2D eigenvalue weighted by Gasteiger charge is -2.09. The molecular formula is C25H24N4O2. The number of carbonyl (C=O) groups excluding carboxylic acids is 1. The fourth-order valence-corrected chi connectivity index (χ4v) is 3.21. The van der Waals surface area contributed by atoms with Crippen LogP contribution in [0.2, 0.25) is 0 Å². The van der Waals surface area contributed by atoms with Gasteiger partial charge < -0.3 is 15.4 Å². The fraction of sp³-hybridized carbons (Fsp3) is 0.160. The molecule has 0 radical (unpaired) electrons. The van der Waals surface area contributed by atoms with Crippen LogP contribution in [0.5, 0.6) is 5.75 Å². The summed E-state index contributed by atoms with van der Waals surface area (Å²) in [5.41, 5.74) is 2.54. The van der Waals surface area contributed by atoms with E-state index in [0.29, 0.717) is 19.4 Å². The third-order valence-electron chi connectivity index (χ3n) is 4.78. The second kappa shape index (κ2) is 9.71. The summed E-state index contributed by atoms with van der Waals surface area (Å²) in [6.45, 7) is 2.41. The van der Waals surface area contributed by atoms with Gasteiger partial charge in [-0.25, -0.2) is 9.97 Å². The topological polar surface area (TPSA) is 76.1 Å². The van der Waals surface area contributed by atoms with E-state index in [1.807, 2.05) is 67.6 Å². The average Bonchev–Trinajstić information content (AvgIpc) is 2.78. The Kier molecular flexibility index (Phi) is 6.38. The van der Waals surface area contributed by atoms with Gasteiger partial charge in [0.15, 0.2) is 0 Å². The molecule has 0 aliphatic heterocycles. The molecule has 0 atom stereocenters. The Labute approximate surface area is 181 Å². The summed E-state index contributed by atoms with van der Waals surface area (Å²) in [5, 5.41) is 8.46. The number of hydrogen-bond donors (Lipinski definition) is 2. The van der Waals surface area contributed by atoms with Crippen LogP contribution >= 0.6 is 0 Å². The molecule has 4 aromatic rings. The molecule has 31 heavy (non-hydrogen) atoms. The van der Waals surface area contributed by atoms with Crippen molar-refractivity contribution in [1.29, 1.82) is 0 Å². The van der Waals surface area contributed by atoms with Crippen LogP contribution in [0.3, 0.4) is 0 Å². The van der Waals surface area contributed by atoms with Crippen LogP contribution in [0.1, 0.15) is 18.5 Å². The van der Waals surface area contributed by atoms with Gasteiger partial charge in [0, 0.05) is 29.6 Å². The predicted octanol–water partition coefficient (Wildman–Crippen LogP) is 5.48. The minimum Gasteiger partial charge on any atom is -0.494 e. The van der Waals surface area contributed by atoms with E-state index in [1.165, 1.54) is 11.7 Å². The first kappa shape index (κ1) is 20.3. The monoisotopic (exact) mass is 412 g/mol. The van der Waals surface area contributed by atoms with E-state index >= 15 is 0 Å². The van der Waals surface area contributed by atoms with Gasteiger partial charge in [-0.05, 0) is 60.5 Å². The number of amides is 1. The molecule has 0 saturated heterocycles. The number of carbonyl (C=O) groups is 1. The number of benzene rings is 3. The first-order chi connectivity index (χ1) is 15.2. The summed E-state index contributed by atoms with van der Waals surface area (Å²) in [6, 6.07) is 23.6. The number of aromatic nitrogens is 2. The van der Waals surface area contributed by atoms with Crippen molar-refractivity contribution in [1.82, 2.24) is 9.97 Å². The van der Waals surface area contributed by atoms with Gasteiger partial charge in [0.1, 0.15) is 17.9 Å². The maximum Gasteiger partial charge on any atom is 0.224 e. The van der Waals surface area contributed by atoms with Gasteiger partial charge in [-0.2, -0.15) is 0 Å². The number of fused-ring (bicyclic) bond motifs is 1. The number of ether oxygens (including phenoxy) is 1. The summed E-state index contributed by atoms with van der Waals surface area (Å²) in [5.74, 6) is 1.52. The van der Waals surface area contributed by atoms with Crippen LogP contribution in [-0.4, -0.2) is 22.5 Å². The third kappa shape index (κ3) is 5.79. The zero-order valence-corrected chi connectivity index (χ0v) is 17.3. The normalized spacial score (nSPS) is 10.6. The lowest BCUT2D eigenvalue weighted by atomic mass is 10.1. The molecule has 1 amide bonds. The summed E-state index contributed by atoms with van der Waals surface area (Å²) < 4.78 is 5.80. The van der Waals surface area contributed by atoms with E-state index < -0.39 is 0 Å². The Balaban J connectivity index is 1.21. The molecule has 0 fully saturated rings. The van der Waals surface area contributed by atoms with Gasteiger partial charge >= 0.3 is 0 Å². The van der Waals surface area contributed by atoms with Crippen molar-refractivity contribution in [2.75, 3.05) is 17.2 Å². The van der Waals surface area contributed by atoms with Crippen LogP contribution in [0.25, 0.3) is 10.8 Å². The van der Waals surface area contributed by atoms with Crippen molar-refractivity contribution in [3.05, 3.63) is 84.8 Å². The van der Waals surface area contributed by atoms with E-state index in [9.17, 15) is 4.79 Å². The van der Waals surface area contributed by atoms with E-state index in [4.69, 9.17) is 4.74 Å². The summed E-state index contributed by atoms with van der Waals surface area (Å²) in [7, 11) is 0. The molecule has 0 saturated carbocycles. The van der Waals surface area contributed by atoms with Gasteiger partial charge in [-0.3, -0.25) is 4.79 Å². The van der Waals surface area contributed by atoms with Crippen LogP contribution in [0, 0.1) is 6.92 Å². The molecule has 0 spiro atoms. The van der Waals surface area contributed by atoms with Crippen molar-refractivity contribution in [2.24, 2.45) is 0 Å². The minimum absolute atomic E-state index is 0.0331. The van der Waals surface area contributed by atoms with Crippen molar-refractivity contribution in [2.45, 2.75) is 19.8 Å². The molecule has 0 aliphatic carbocycles. The van der Waals surface area contributed by atoms with Crippen molar-refractivity contribution in [3.8, 4) is 5.75 Å². The number of aryl methyl sites for hydroxylation is 1. The van der Waals surface area contributed by atoms with Crippen LogP contribution in [-0.2, 0) is 4.79 Å². The number of anilines is 3. The first-order valence-electron chi connectivity index (χ1n) is 10.2. The Hall–Kier alpha value is -3.93. The van der Waals surface area contributed by atoms with Gasteiger partial charge in [0.25, 0.3) is 0 Å². The van der Waals surface area contributed by atoms with Crippen molar-refractivity contribution >= 4 is 33.9 Å². The maximum absolute atomic E-state index is 12.2. The minimum atomic E-state index is -0.0331.